The molecule has 1 saturated carbocycles. The van der Waals surface area contributed by atoms with Crippen molar-refractivity contribution in [2.24, 2.45) is 5.92 Å². The minimum atomic E-state index is -0.265. The van der Waals surface area contributed by atoms with E-state index in [1.807, 2.05) is 6.07 Å². The van der Waals surface area contributed by atoms with Crippen LogP contribution in [0.2, 0.25) is 0 Å². The minimum Gasteiger partial charge on any atom is -0.450 e. The summed E-state index contributed by atoms with van der Waals surface area (Å²) in [6.07, 6.45) is 5.13. The fourth-order valence-electron chi connectivity index (χ4n) is 3.49. The summed E-state index contributed by atoms with van der Waals surface area (Å²) in [4.78, 5) is 27.8. The van der Waals surface area contributed by atoms with Crippen molar-refractivity contribution in [1.29, 1.82) is 0 Å². The van der Waals surface area contributed by atoms with Crippen LogP contribution in [0.1, 0.15) is 39.0 Å². The molecule has 0 unspecified atom stereocenters. The number of hydrogen-bond donors (Lipinski definition) is 1. The molecule has 8 nitrogen and oxygen atoms in total. The third-order valence-corrected chi connectivity index (χ3v) is 5.01. The predicted molar refractivity (Wildman–Crippen MR) is 98.0 cm³/mol. The highest BCUT2D eigenvalue weighted by atomic mass is 16.6. The molecule has 1 aliphatic carbocycles. The summed E-state index contributed by atoms with van der Waals surface area (Å²) in [7, 11) is 0. The van der Waals surface area contributed by atoms with Gasteiger partial charge in [-0.25, -0.2) is 4.79 Å². The van der Waals surface area contributed by atoms with Crippen molar-refractivity contribution in [2.75, 3.05) is 43.0 Å². The molecule has 2 amide bonds. The number of amides is 2. The van der Waals surface area contributed by atoms with Gasteiger partial charge in [-0.1, -0.05) is 19.3 Å². The Morgan fingerprint density at radius 3 is 2.46 bits per heavy atom. The van der Waals surface area contributed by atoms with Crippen LogP contribution in [0.3, 0.4) is 0 Å². The lowest BCUT2D eigenvalue weighted by Crippen LogP contribution is -2.49. The lowest BCUT2D eigenvalue weighted by molar-refractivity contribution is -0.120. The molecule has 1 aromatic heterocycles. The number of ether oxygens (including phenoxy) is 1. The van der Waals surface area contributed by atoms with Crippen LogP contribution in [0, 0.1) is 5.92 Å². The fraction of sp³-hybridized carbons (Fsp3) is 0.667. The third-order valence-electron chi connectivity index (χ3n) is 5.01. The molecule has 26 heavy (non-hydrogen) atoms. The van der Waals surface area contributed by atoms with Crippen LogP contribution in [0.15, 0.2) is 12.1 Å². The van der Waals surface area contributed by atoms with Gasteiger partial charge in [-0.3, -0.25) is 4.79 Å². The lowest BCUT2D eigenvalue weighted by Gasteiger charge is -2.34. The van der Waals surface area contributed by atoms with Crippen LogP contribution in [-0.4, -0.2) is 59.9 Å². The molecule has 8 heteroatoms. The average Bonchev–Trinajstić information content (AvgIpc) is 2.69. The maximum absolute atomic E-state index is 12.3. The van der Waals surface area contributed by atoms with E-state index >= 15 is 0 Å². The second kappa shape index (κ2) is 8.82. The average molecular weight is 361 g/mol. The van der Waals surface area contributed by atoms with E-state index in [1.165, 1.54) is 6.42 Å². The lowest BCUT2D eigenvalue weighted by atomic mass is 9.89. The van der Waals surface area contributed by atoms with E-state index in [1.54, 1.807) is 17.9 Å². The van der Waals surface area contributed by atoms with Crippen LogP contribution in [-0.2, 0) is 9.53 Å². The van der Waals surface area contributed by atoms with Crippen LogP contribution >= 0.6 is 0 Å². The first kappa shape index (κ1) is 18.4. The number of rotatable bonds is 4. The van der Waals surface area contributed by atoms with Gasteiger partial charge in [-0.15, -0.1) is 10.2 Å². The number of hydrogen-bond acceptors (Lipinski definition) is 6. The smallest absolute Gasteiger partial charge is 0.409 e. The molecule has 1 aliphatic heterocycles. The molecule has 1 saturated heterocycles. The molecule has 0 bridgehead atoms. The van der Waals surface area contributed by atoms with E-state index in [9.17, 15) is 9.59 Å². The van der Waals surface area contributed by atoms with Crippen molar-refractivity contribution in [3.05, 3.63) is 12.1 Å². The monoisotopic (exact) mass is 361 g/mol. The van der Waals surface area contributed by atoms with Crippen molar-refractivity contribution in [2.45, 2.75) is 39.0 Å². The highest BCUT2D eigenvalue weighted by Crippen LogP contribution is 2.24. The van der Waals surface area contributed by atoms with Gasteiger partial charge in [0.25, 0.3) is 0 Å². The van der Waals surface area contributed by atoms with Crippen LogP contribution < -0.4 is 10.2 Å². The SMILES string of the molecule is CCOC(=O)N1CCN(c2ccc(NC(=O)C3CCCCC3)nn2)CC1. The van der Waals surface area contributed by atoms with E-state index in [0.717, 1.165) is 31.5 Å². The van der Waals surface area contributed by atoms with Crippen molar-refractivity contribution < 1.29 is 14.3 Å². The van der Waals surface area contributed by atoms with E-state index in [4.69, 9.17) is 4.74 Å². The molecule has 142 valence electrons. The van der Waals surface area contributed by atoms with E-state index in [2.05, 4.69) is 20.4 Å². The molecule has 3 rings (SSSR count). The maximum atomic E-state index is 12.3. The Hall–Kier alpha value is -2.38. The Balaban J connectivity index is 1.50. The molecule has 0 aromatic carbocycles. The Labute approximate surface area is 153 Å². The quantitative estimate of drug-likeness (QED) is 0.885. The second-order valence-corrected chi connectivity index (χ2v) is 6.77. The number of nitrogens with one attached hydrogen (secondary N) is 1. The van der Waals surface area contributed by atoms with Crippen molar-refractivity contribution >= 4 is 23.6 Å². The van der Waals surface area contributed by atoms with E-state index in [0.29, 0.717) is 38.6 Å². The normalized spacial score (nSPS) is 18.5. The first-order chi connectivity index (χ1) is 12.7. The zero-order valence-corrected chi connectivity index (χ0v) is 15.3. The van der Waals surface area contributed by atoms with E-state index < -0.39 is 0 Å². The first-order valence-corrected chi connectivity index (χ1v) is 9.48. The molecule has 1 N–H and O–H groups in total. The zero-order valence-electron chi connectivity index (χ0n) is 15.3. The molecule has 0 atom stereocenters. The topological polar surface area (TPSA) is 87.7 Å². The number of carbonyl (C=O) groups excluding carboxylic acids is 2. The van der Waals surface area contributed by atoms with Gasteiger partial charge in [0.05, 0.1) is 6.61 Å². The Morgan fingerprint density at radius 1 is 1.12 bits per heavy atom. The summed E-state index contributed by atoms with van der Waals surface area (Å²) in [5.41, 5.74) is 0. The summed E-state index contributed by atoms with van der Waals surface area (Å²) < 4.78 is 5.03. The number of carbonyl (C=O) groups is 2. The molecular weight excluding hydrogens is 334 g/mol. The molecule has 2 fully saturated rings. The molecule has 0 radical (unpaired) electrons. The maximum Gasteiger partial charge on any atom is 0.409 e. The molecule has 0 spiro atoms. The number of anilines is 2. The van der Waals surface area contributed by atoms with Crippen LogP contribution in [0.25, 0.3) is 0 Å². The highest BCUT2D eigenvalue weighted by molar-refractivity contribution is 5.91. The van der Waals surface area contributed by atoms with Crippen molar-refractivity contribution in [3.8, 4) is 0 Å². The van der Waals surface area contributed by atoms with Gasteiger partial charge >= 0.3 is 6.09 Å². The van der Waals surface area contributed by atoms with Gasteiger partial charge in [0.2, 0.25) is 5.91 Å². The first-order valence-electron chi connectivity index (χ1n) is 9.48. The molecule has 1 aromatic rings. The van der Waals surface area contributed by atoms with Gasteiger partial charge < -0.3 is 19.9 Å². The molecule has 2 aliphatic rings. The molecule has 2 heterocycles. The Morgan fingerprint density at radius 2 is 1.85 bits per heavy atom. The van der Waals surface area contributed by atoms with Crippen molar-refractivity contribution in [1.82, 2.24) is 15.1 Å². The number of nitrogens with zero attached hydrogens (tertiary/aromatic N) is 4. The summed E-state index contributed by atoms with van der Waals surface area (Å²) in [6.45, 7) is 4.75. The highest BCUT2D eigenvalue weighted by Gasteiger charge is 2.24. The van der Waals surface area contributed by atoms with Gasteiger partial charge in [-0.2, -0.15) is 0 Å². The van der Waals surface area contributed by atoms with E-state index in [-0.39, 0.29) is 17.9 Å². The summed E-state index contributed by atoms with van der Waals surface area (Å²) in [6, 6.07) is 3.66. The Bertz CT molecular complexity index is 608. The minimum absolute atomic E-state index is 0.0507. The van der Waals surface area contributed by atoms with Gasteiger partial charge in [0.15, 0.2) is 11.6 Å². The van der Waals surface area contributed by atoms with Crippen LogP contribution in [0.4, 0.5) is 16.4 Å². The van der Waals surface area contributed by atoms with Crippen molar-refractivity contribution in [3.63, 3.8) is 0 Å². The Kier molecular flexibility index (Phi) is 6.25. The standard InChI is InChI=1S/C18H27N5O3/c1-2-26-18(25)23-12-10-22(11-13-23)16-9-8-15(20-21-16)19-17(24)14-6-4-3-5-7-14/h8-9,14H,2-7,10-13H2,1H3,(H,19,20,24). The zero-order chi connectivity index (χ0) is 18.4. The predicted octanol–water partition coefficient (Wildman–Crippen LogP) is 2.27. The van der Waals surface area contributed by atoms with Gasteiger partial charge in [-0.05, 0) is 31.9 Å². The van der Waals surface area contributed by atoms with Crippen LogP contribution in [0.5, 0.6) is 0 Å². The summed E-state index contributed by atoms with van der Waals surface area (Å²) >= 11 is 0. The molecular formula is C18H27N5O3. The van der Waals surface area contributed by atoms with Gasteiger partial charge in [0.1, 0.15) is 0 Å². The summed E-state index contributed by atoms with van der Waals surface area (Å²) in [5, 5.41) is 11.3. The second-order valence-electron chi connectivity index (χ2n) is 6.77. The number of piperazine rings is 1. The summed E-state index contributed by atoms with van der Waals surface area (Å²) in [5.74, 6) is 1.40. The number of aromatic nitrogens is 2. The third kappa shape index (κ3) is 4.62. The van der Waals surface area contributed by atoms with Gasteiger partial charge in [0, 0.05) is 32.1 Å². The fourth-order valence-corrected chi connectivity index (χ4v) is 3.49. The largest absolute Gasteiger partial charge is 0.450 e.